The molecule has 0 amide bonds. The van der Waals surface area contributed by atoms with Crippen molar-refractivity contribution < 1.29 is 0 Å². The number of rotatable bonds is 0. The molecule has 0 aliphatic rings. The molecule has 1 aromatic rings. The van der Waals surface area contributed by atoms with Crippen molar-refractivity contribution in [3.63, 3.8) is 0 Å². The van der Waals surface area contributed by atoms with E-state index < -0.39 is 0 Å². The van der Waals surface area contributed by atoms with Crippen LogP contribution in [0.25, 0.3) is 0 Å². The van der Waals surface area contributed by atoms with Crippen LogP contribution < -0.4 is 0 Å². The SMILES string of the molecule is N#Cc1c(Br)c(Br)n(C#N)c1Br. The predicted molar refractivity (Wildman–Crippen MR) is 53.3 cm³/mol. The molecule has 3 nitrogen and oxygen atoms in total. The highest BCUT2D eigenvalue weighted by atomic mass is 79.9. The Morgan fingerprint density at radius 3 is 1.92 bits per heavy atom. The number of hydrogen-bond donors (Lipinski definition) is 0. The maximum absolute atomic E-state index is 8.68. The number of aromatic nitrogens is 1. The zero-order valence-electron chi connectivity index (χ0n) is 5.48. The Morgan fingerprint density at radius 2 is 1.67 bits per heavy atom. The van der Waals surface area contributed by atoms with Gasteiger partial charge in [0.15, 0.2) is 6.19 Å². The standard InChI is InChI=1S/C6Br3N3/c7-4-3(1-10)5(8)12(2-11)6(4)9. The number of nitriles is 2. The fraction of sp³-hybridized carbons (Fsp3) is 0. The Labute approximate surface area is 94.0 Å². The molecule has 0 unspecified atom stereocenters. The molecule has 60 valence electrons. The highest BCUT2D eigenvalue weighted by molar-refractivity contribution is 9.13. The average Bonchev–Trinajstić information content (AvgIpc) is 2.25. The van der Waals surface area contributed by atoms with Crippen molar-refractivity contribution >= 4 is 47.8 Å². The van der Waals surface area contributed by atoms with Gasteiger partial charge in [-0.25, -0.2) is 4.57 Å². The van der Waals surface area contributed by atoms with Crippen LogP contribution in [0.4, 0.5) is 0 Å². The molecule has 6 heteroatoms. The molecule has 1 rings (SSSR count). The smallest absolute Gasteiger partial charge is 0.190 e. The summed E-state index contributed by atoms with van der Waals surface area (Å²) in [6.45, 7) is 0. The second-order valence-corrected chi connectivity index (χ2v) is 4.11. The first-order valence-corrected chi connectivity index (χ1v) is 5.06. The minimum absolute atomic E-state index is 0.406. The molecule has 0 saturated heterocycles. The quantitative estimate of drug-likeness (QED) is 0.720. The van der Waals surface area contributed by atoms with E-state index in [1.165, 1.54) is 4.57 Å². The van der Waals surface area contributed by atoms with Crippen molar-refractivity contribution in [3.05, 3.63) is 19.2 Å². The molecule has 0 aromatic carbocycles. The van der Waals surface area contributed by atoms with Crippen molar-refractivity contribution in [2.24, 2.45) is 0 Å². The number of halogens is 3. The summed E-state index contributed by atoms with van der Waals surface area (Å²) in [7, 11) is 0. The third-order valence-corrected chi connectivity index (χ3v) is 4.02. The van der Waals surface area contributed by atoms with Gasteiger partial charge in [-0.1, -0.05) is 0 Å². The highest BCUT2D eigenvalue weighted by Crippen LogP contribution is 2.34. The lowest BCUT2D eigenvalue weighted by Gasteiger charge is -1.89. The lowest BCUT2D eigenvalue weighted by Crippen LogP contribution is -1.86. The molecule has 0 aliphatic carbocycles. The summed E-state index contributed by atoms with van der Waals surface area (Å²) < 4.78 is 2.83. The lowest BCUT2D eigenvalue weighted by molar-refractivity contribution is 1.03. The van der Waals surface area contributed by atoms with Crippen molar-refractivity contribution in [2.75, 3.05) is 0 Å². The van der Waals surface area contributed by atoms with Gasteiger partial charge in [-0.05, 0) is 47.8 Å². The van der Waals surface area contributed by atoms with Gasteiger partial charge in [-0.2, -0.15) is 10.5 Å². The van der Waals surface area contributed by atoms with Crippen LogP contribution in [0.3, 0.4) is 0 Å². The van der Waals surface area contributed by atoms with Crippen LogP contribution in [0.5, 0.6) is 0 Å². The van der Waals surface area contributed by atoms with Crippen LogP contribution in [0, 0.1) is 22.8 Å². The molecule has 0 radical (unpaired) electrons. The first kappa shape index (κ1) is 9.79. The maximum atomic E-state index is 8.68. The molecule has 12 heavy (non-hydrogen) atoms. The van der Waals surface area contributed by atoms with Crippen LogP contribution in [0.15, 0.2) is 13.7 Å². The molecule has 0 atom stereocenters. The van der Waals surface area contributed by atoms with E-state index in [9.17, 15) is 0 Å². The van der Waals surface area contributed by atoms with Crippen molar-refractivity contribution in [2.45, 2.75) is 0 Å². The van der Waals surface area contributed by atoms with Gasteiger partial charge in [-0.15, -0.1) is 0 Å². The molecular weight excluding hydrogens is 354 g/mol. The minimum Gasteiger partial charge on any atom is -0.232 e. The maximum Gasteiger partial charge on any atom is 0.190 e. The van der Waals surface area contributed by atoms with Gasteiger partial charge in [0.2, 0.25) is 0 Å². The normalized spacial score (nSPS) is 9.08. The van der Waals surface area contributed by atoms with E-state index in [0.29, 0.717) is 19.2 Å². The summed E-state index contributed by atoms with van der Waals surface area (Å²) >= 11 is 9.48. The van der Waals surface area contributed by atoms with E-state index in [2.05, 4.69) is 47.8 Å². The first-order valence-electron chi connectivity index (χ1n) is 2.68. The molecule has 1 heterocycles. The van der Waals surface area contributed by atoms with Gasteiger partial charge in [0, 0.05) is 0 Å². The van der Waals surface area contributed by atoms with E-state index in [1.807, 2.05) is 12.3 Å². The molecular formula is C6Br3N3. The largest absolute Gasteiger partial charge is 0.232 e. The molecule has 0 fully saturated rings. The van der Waals surface area contributed by atoms with Gasteiger partial charge in [0.25, 0.3) is 0 Å². The van der Waals surface area contributed by atoms with E-state index in [-0.39, 0.29) is 0 Å². The van der Waals surface area contributed by atoms with Crippen LogP contribution in [0.1, 0.15) is 5.56 Å². The van der Waals surface area contributed by atoms with E-state index >= 15 is 0 Å². The fourth-order valence-corrected chi connectivity index (χ4v) is 2.63. The Kier molecular flexibility index (Phi) is 2.94. The Morgan fingerprint density at radius 1 is 1.08 bits per heavy atom. The molecule has 0 aliphatic heterocycles. The summed E-state index contributed by atoms with van der Waals surface area (Å²) in [5.74, 6) is 0. The van der Waals surface area contributed by atoms with Crippen molar-refractivity contribution in [1.82, 2.24) is 4.57 Å². The third-order valence-electron chi connectivity index (χ3n) is 1.21. The summed E-state index contributed by atoms with van der Waals surface area (Å²) in [6.07, 6.45) is 1.90. The van der Waals surface area contributed by atoms with Crippen molar-refractivity contribution in [3.8, 4) is 12.3 Å². The number of nitrogens with zero attached hydrogens (tertiary/aromatic N) is 3. The Hall–Kier alpha value is -0.300. The monoisotopic (exact) mass is 351 g/mol. The van der Waals surface area contributed by atoms with Gasteiger partial charge < -0.3 is 0 Å². The molecule has 0 saturated carbocycles. The zero-order valence-corrected chi connectivity index (χ0v) is 10.2. The van der Waals surface area contributed by atoms with E-state index in [1.54, 1.807) is 0 Å². The lowest BCUT2D eigenvalue weighted by atomic mass is 10.4. The zero-order chi connectivity index (χ0) is 9.30. The van der Waals surface area contributed by atoms with E-state index in [0.717, 1.165) is 0 Å². The van der Waals surface area contributed by atoms with Gasteiger partial charge in [-0.3, -0.25) is 0 Å². The van der Waals surface area contributed by atoms with Gasteiger partial charge in [0.05, 0.1) is 4.47 Å². The van der Waals surface area contributed by atoms with Crippen LogP contribution >= 0.6 is 47.8 Å². The molecule has 1 aromatic heterocycles. The van der Waals surface area contributed by atoms with E-state index in [4.69, 9.17) is 10.5 Å². The second kappa shape index (κ2) is 3.61. The fourth-order valence-electron chi connectivity index (χ4n) is 0.673. The third kappa shape index (κ3) is 1.31. The summed E-state index contributed by atoms with van der Waals surface area (Å²) in [6, 6.07) is 1.96. The topological polar surface area (TPSA) is 52.5 Å². The van der Waals surface area contributed by atoms with Crippen LogP contribution in [0.2, 0.25) is 0 Å². The van der Waals surface area contributed by atoms with Crippen LogP contribution in [-0.2, 0) is 0 Å². The summed E-state index contributed by atoms with van der Waals surface area (Å²) in [5.41, 5.74) is 0.406. The van der Waals surface area contributed by atoms with Crippen LogP contribution in [-0.4, -0.2) is 4.57 Å². The van der Waals surface area contributed by atoms with Gasteiger partial charge in [0.1, 0.15) is 20.8 Å². The molecule has 0 bridgehead atoms. The average molecular weight is 354 g/mol. The second-order valence-electron chi connectivity index (χ2n) is 1.82. The van der Waals surface area contributed by atoms with Gasteiger partial charge >= 0.3 is 0 Å². The predicted octanol–water partition coefficient (Wildman–Crippen LogP) is 2.98. The summed E-state index contributed by atoms with van der Waals surface area (Å²) in [5, 5.41) is 17.3. The van der Waals surface area contributed by atoms with Crippen molar-refractivity contribution in [1.29, 1.82) is 10.5 Å². The Balaban J connectivity index is 3.59. The highest BCUT2D eigenvalue weighted by Gasteiger charge is 2.17. The molecule has 0 spiro atoms. The molecule has 0 N–H and O–H groups in total. The number of hydrogen-bond acceptors (Lipinski definition) is 2. The minimum atomic E-state index is 0.406. The Bertz CT molecular complexity index is 370. The summed E-state index contributed by atoms with van der Waals surface area (Å²) in [4.78, 5) is 0. The first-order chi connectivity index (χ1) is 5.63.